The Morgan fingerprint density at radius 1 is 1.17 bits per heavy atom. The lowest BCUT2D eigenvalue weighted by Gasteiger charge is -2.19. The molecule has 4 nitrogen and oxygen atoms in total. The Labute approximate surface area is 103 Å². The van der Waals surface area contributed by atoms with Crippen LogP contribution in [0.1, 0.15) is 17.2 Å². The molecule has 1 unspecified atom stereocenters. The van der Waals surface area contributed by atoms with Crippen molar-refractivity contribution < 1.29 is 8.78 Å². The summed E-state index contributed by atoms with van der Waals surface area (Å²) < 4.78 is 27.4. The van der Waals surface area contributed by atoms with Crippen LogP contribution in [0.5, 0.6) is 0 Å². The molecule has 5 N–H and O–H groups in total. The zero-order valence-corrected chi connectivity index (χ0v) is 9.40. The molecule has 18 heavy (non-hydrogen) atoms. The fraction of sp³-hybridized carbons (Fsp3) is 0.0833. The van der Waals surface area contributed by atoms with E-state index in [-0.39, 0.29) is 5.56 Å². The summed E-state index contributed by atoms with van der Waals surface area (Å²) in [7, 11) is 0. The van der Waals surface area contributed by atoms with E-state index in [0.29, 0.717) is 11.3 Å². The fourth-order valence-electron chi connectivity index (χ4n) is 1.77. The highest BCUT2D eigenvalue weighted by Gasteiger charge is 2.22. The molecule has 0 saturated carbocycles. The van der Waals surface area contributed by atoms with E-state index in [1.54, 1.807) is 6.07 Å². The minimum Gasteiger partial charge on any atom is -0.398 e. The predicted molar refractivity (Wildman–Crippen MR) is 64.2 cm³/mol. The second-order valence-electron chi connectivity index (χ2n) is 3.74. The highest BCUT2D eigenvalue weighted by Crippen LogP contribution is 2.28. The summed E-state index contributed by atoms with van der Waals surface area (Å²) in [5.41, 5.74) is 8.71. The van der Waals surface area contributed by atoms with E-state index >= 15 is 0 Å². The smallest absolute Gasteiger partial charge is 0.131 e. The van der Waals surface area contributed by atoms with E-state index in [2.05, 4.69) is 10.4 Å². The number of hydrogen-bond donors (Lipinski definition) is 3. The van der Waals surface area contributed by atoms with Crippen molar-refractivity contribution in [3.63, 3.8) is 0 Å². The molecular formula is C12H12F2N4. The first-order chi connectivity index (χ1) is 8.65. The molecule has 2 aromatic rings. The van der Waals surface area contributed by atoms with Crippen LogP contribution < -0.4 is 17.0 Å². The number of halogens is 2. The first-order valence-electron chi connectivity index (χ1n) is 5.24. The number of rotatable bonds is 3. The maximum atomic E-state index is 13.7. The number of nitrogen functional groups attached to an aromatic ring is 1. The van der Waals surface area contributed by atoms with Gasteiger partial charge in [-0.15, -0.1) is 0 Å². The molecule has 1 atom stereocenters. The fourth-order valence-corrected chi connectivity index (χ4v) is 1.77. The van der Waals surface area contributed by atoms with Crippen molar-refractivity contribution in [2.24, 2.45) is 5.84 Å². The van der Waals surface area contributed by atoms with E-state index < -0.39 is 17.7 Å². The first-order valence-corrected chi connectivity index (χ1v) is 5.24. The lowest BCUT2D eigenvalue weighted by atomic mass is 9.98. The summed E-state index contributed by atoms with van der Waals surface area (Å²) >= 11 is 0. The van der Waals surface area contributed by atoms with Crippen molar-refractivity contribution in [2.75, 3.05) is 5.73 Å². The standard InChI is InChI=1S/C12H12F2N4/c13-8-2-1-3-9(14)11(8)12(18-16)7-6-17-5-4-10(7)15/h1-6,12,18H,16H2,(H2,15,17). The number of hydrogen-bond acceptors (Lipinski definition) is 4. The van der Waals surface area contributed by atoms with Crippen LogP contribution in [0.2, 0.25) is 0 Å². The maximum Gasteiger partial charge on any atom is 0.131 e. The third-order valence-corrected chi connectivity index (χ3v) is 2.65. The van der Waals surface area contributed by atoms with E-state index in [0.717, 1.165) is 12.1 Å². The number of pyridine rings is 1. The van der Waals surface area contributed by atoms with Crippen LogP contribution >= 0.6 is 0 Å². The van der Waals surface area contributed by atoms with Crippen LogP contribution in [0.25, 0.3) is 0 Å². The number of benzene rings is 1. The molecule has 0 fully saturated rings. The summed E-state index contributed by atoms with van der Waals surface area (Å²) in [5.74, 6) is 3.99. The topological polar surface area (TPSA) is 77.0 Å². The van der Waals surface area contributed by atoms with Crippen molar-refractivity contribution in [3.05, 3.63) is 59.4 Å². The summed E-state index contributed by atoms with van der Waals surface area (Å²) in [5, 5.41) is 0. The van der Waals surface area contributed by atoms with E-state index in [1.807, 2.05) is 0 Å². The van der Waals surface area contributed by atoms with Gasteiger partial charge in [-0.2, -0.15) is 0 Å². The second kappa shape index (κ2) is 5.07. The predicted octanol–water partition coefficient (Wildman–Crippen LogP) is 1.49. The number of anilines is 1. The first kappa shape index (κ1) is 12.4. The molecule has 0 aliphatic rings. The monoisotopic (exact) mass is 250 g/mol. The molecule has 0 radical (unpaired) electrons. The molecule has 94 valence electrons. The minimum absolute atomic E-state index is 0.181. The lowest BCUT2D eigenvalue weighted by Crippen LogP contribution is -2.31. The van der Waals surface area contributed by atoms with Crippen LogP contribution in [0.3, 0.4) is 0 Å². The highest BCUT2D eigenvalue weighted by molar-refractivity contribution is 5.49. The zero-order valence-electron chi connectivity index (χ0n) is 9.40. The molecule has 0 amide bonds. The van der Waals surface area contributed by atoms with Gasteiger partial charge in [-0.1, -0.05) is 6.07 Å². The van der Waals surface area contributed by atoms with Crippen LogP contribution in [-0.4, -0.2) is 4.98 Å². The third-order valence-electron chi connectivity index (χ3n) is 2.65. The second-order valence-corrected chi connectivity index (χ2v) is 3.74. The molecule has 0 aliphatic heterocycles. The number of hydrazine groups is 1. The van der Waals surface area contributed by atoms with Crippen LogP contribution in [0, 0.1) is 11.6 Å². The van der Waals surface area contributed by atoms with Crippen molar-refractivity contribution in [1.29, 1.82) is 0 Å². The zero-order chi connectivity index (χ0) is 13.1. The largest absolute Gasteiger partial charge is 0.398 e. The SMILES string of the molecule is NNC(c1cnccc1N)c1c(F)cccc1F. The number of nitrogens with zero attached hydrogens (tertiary/aromatic N) is 1. The Balaban J connectivity index is 2.56. The summed E-state index contributed by atoms with van der Waals surface area (Å²) in [6.07, 6.45) is 2.91. The quantitative estimate of drug-likeness (QED) is 0.570. The van der Waals surface area contributed by atoms with Gasteiger partial charge in [-0.05, 0) is 18.2 Å². The molecule has 0 aliphatic carbocycles. The molecule has 1 aromatic heterocycles. The van der Waals surface area contributed by atoms with Crippen LogP contribution in [-0.2, 0) is 0 Å². The van der Waals surface area contributed by atoms with Gasteiger partial charge < -0.3 is 5.73 Å². The van der Waals surface area contributed by atoms with Gasteiger partial charge in [0.25, 0.3) is 0 Å². The summed E-state index contributed by atoms with van der Waals surface area (Å²) in [6.45, 7) is 0. The van der Waals surface area contributed by atoms with Gasteiger partial charge in [0.2, 0.25) is 0 Å². The van der Waals surface area contributed by atoms with Crippen molar-refractivity contribution in [1.82, 2.24) is 10.4 Å². The number of nitrogens with two attached hydrogens (primary N) is 2. The Bertz CT molecular complexity index is 539. The molecule has 2 rings (SSSR count). The minimum atomic E-state index is -0.889. The Hall–Kier alpha value is -2.05. The van der Waals surface area contributed by atoms with E-state index in [1.165, 1.54) is 18.5 Å². The molecular weight excluding hydrogens is 238 g/mol. The average Bonchev–Trinajstić information content (AvgIpc) is 2.35. The van der Waals surface area contributed by atoms with Gasteiger partial charge in [0.1, 0.15) is 11.6 Å². The van der Waals surface area contributed by atoms with Gasteiger partial charge in [0.15, 0.2) is 0 Å². The number of nitrogens with one attached hydrogen (secondary N) is 1. The van der Waals surface area contributed by atoms with Gasteiger partial charge >= 0.3 is 0 Å². The Kier molecular flexibility index (Phi) is 3.50. The normalized spacial score (nSPS) is 12.4. The third kappa shape index (κ3) is 2.15. The average molecular weight is 250 g/mol. The van der Waals surface area contributed by atoms with Crippen LogP contribution in [0.4, 0.5) is 14.5 Å². The molecule has 1 heterocycles. The van der Waals surface area contributed by atoms with Gasteiger partial charge in [0, 0.05) is 29.2 Å². The van der Waals surface area contributed by atoms with Crippen molar-refractivity contribution >= 4 is 5.69 Å². The van der Waals surface area contributed by atoms with Crippen molar-refractivity contribution in [2.45, 2.75) is 6.04 Å². The lowest BCUT2D eigenvalue weighted by molar-refractivity contribution is 0.510. The van der Waals surface area contributed by atoms with Gasteiger partial charge in [-0.25, -0.2) is 14.2 Å². The van der Waals surface area contributed by atoms with E-state index in [4.69, 9.17) is 11.6 Å². The molecule has 1 aromatic carbocycles. The highest BCUT2D eigenvalue weighted by atomic mass is 19.1. The van der Waals surface area contributed by atoms with Gasteiger partial charge in [-0.3, -0.25) is 10.8 Å². The summed E-state index contributed by atoms with van der Waals surface area (Å²) in [6, 6.07) is 4.26. The van der Waals surface area contributed by atoms with E-state index in [9.17, 15) is 8.78 Å². The maximum absolute atomic E-state index is 13.7. The van der Waals surface area contributed by atoms with Gasteiger partial charge in [0.05, 0.1) is 6.04 Å². The molecule has 0 saturated heterocycles. The van der Waals surface area contributed by atoms with Crippen LogP contribution in [0.15, 0.2) is 36.7 Å². The Morgan fingerprint density at radius 3 is 2.39 bits per heavy atom. The molecule has 6 heteroatoms. The summed E-state index contributed by atoms with van der Waals surface area (Å²) in [4.78, 5) is 3.88. The molecule has 0 bridgehead atoms. The molecule has 0 spiro atoms. The number of aromatic nitrogens is 1. The Morgan fingerprint density at radius 2 is 1.83 bits per heavy atom. The van der Waals surface area contributed by atoms with Crippen molar-refractivity contribution in [3.8, 4) is 0 Å².